The molecule has 0 radical (unpaired) electrons. The maximum atomic E-state index is 13.7. The zero-order valence-electron chi connectivity index (χ0n) is 28.2. The van der Waals surface area contributed by atoms with E-state index in [4.69, 9.17) is 9.47 Å². The second-order valence-electron chi connectivity index (χ2n) is 13.9. The van der Waals surface area contributed by atoms with Crippen LogP contribution in [0.25, 0.3) is 0 Å². The lowest BCUT2D eigenvalue weighted by atomic mass is 9.76. The van der Waals surface area contributed by atoms with Crippen LogP contribution in [-0.2, 0) is 10.3 Å². The van der Waals surface area contributed by atoms with Crippen LogP contribution in [0.1, 0.15) is 116 Å². The molecule has 47 heavy (non-hydrogen) atoms. The van der Waals surface area contributed by atoms with Crippen molar-refractivity contribution in [3.05, 3.63) is 112 Å². The Hall–Kier alpha value is -4.25. The predicted molar refractivity (Wildman–Crippen MR) is 191 cm³/mol. The number of fused-ring (bicyclic) bond motifs is 6. The van der Waals surface area contributed by atoms with Crippen LogP contribution in [-0.4, -0.2) is 12.0 Å². The first-order valence-corrected chi connectivity index (χ1v) is 17.9. The standard InChI is InChI=1S/C42H48N2O3/c1-4-5-6-7-11-19-35(30-15-9-8-10-16-30)44-36-20-14-21-38-40(36)42(33-18-13-12-17-32(33)41(45)47-42)34-27-37(29(3)26-39(34)46-38)43-31-24-22-28(2)23-25-31/h12-14,17-18,20-27,30,35,43-44H,4-11,15-16,19H2,1-3H3. The largest absolute Gasteiger partial charge is 0.456 e. The first kappa shape index (κ1) is 31.4. The molecule has 0 amide bonds. The van der Waals surface area contributed by atoms with Gasteiger partial charge in [0.2, 0.25) is 0 Å². The van der Waals surface area contributed by atoms with Gasteiger partial charge in [0.25, 0.3) is 0 Å². The van der Waals surface area contributed by atoms with Crippen LogP contribution in [0.2, 0.25) is 0 Å². The van der Waals surface area contributed by atoms with Gasteiger partial charge in [-0.25, -0.2) is 4.79 Å². The Morgan fingerprint density at radius 3 is 2.40 bits per heavy atom. The molecular weight excluding hydrogens is 580 g/mol. The number of rotatable bonds is 11. The Balaban J connectivity index is 1.34. The van der Waals surface area contributed by atoms with Crippen molar-refractivity contribution in [2.45, 2.75) is 103 Å². The molecule has 2 heterocycles. The summed E-state index contributed by atoms with van der Waals surface area (Å²) in [5.74, 6) is 1.77. The van der Waals surface area contributed by atoms with Crippen LogP contribution in [0, 0.1) is 19.8 Å². The summed E-state index contributed by atoms with van der Waals surface area (Å²) in [4.78, 5) is 13.7. The normalized spacial score (nSPS) is 18.9. The lowest BCUT2D eigenvalue weighted by molar-refractivity contribution is 0.0226. The molecule has 5 nitrogen and oxygen atoms in total. The minimum absolute atomic E-state index is 0.303. The van der Waals surface area contributed by atoms with Gasteiger partial charge in [-0.2, -0.15) is 0 Å². The molecule has 1 saturated carbocycles. The van der Waals surface area contributed by atoms with E-state index in [9.17, 15) is 4.79 Å². The monoisotopic (exact) mass is 628 g/mol. The van der Waals surface area contributed by atoms with E-state index in [1.54, 1.807) is 0 Å². The van der Waals surface area contributed by atoms with E-state index in [1.165, 1.54) is 69.8 Å². The Morgan fingerprint density at radius 1 is 0.809 bits per heavy atom. The van der Waals surface area contributed by atoms with Crippen LogP contribution in [0.4, 0.5) is 17.1 Å². The first-order chi connectivity index (χ1) is 23.0. The second kappa shape index (κ2) is 13.5. The topological polar surface area (TPSA) is 59.6 Å². The van der Waals surface area contributed by atoms with E-state index in [0.717, 1.165) is 51.5 Å². The Bertz CT molecular complexity index is 1740. The molecule has 244 valence electrons. The van der Waals surface area contributed by atoms with Crippen molar-refractivity contribution in [1.82, 2.24) is 0 Å². The number of carbonyl (C=O) groups excluding carboxylic acids is 1. The molecule has 2 atom stereocenters. The van der Waals surface area contributed by atoms with Crippen molar-refractivity contribution >= 4 is 23.0 Å². The Morgan fingerprint density at radius 2 is 1.60 bits per heavy atom. The molecular formula is C42H48N2O3. The molecule has 4 aromatic carbocycles. The van der Waals surface area contributed by atoms with Crippen molar-refractivity contribution in [2.24, 2.45) is 5.92 Å². The number of hydrogen-bond acceptors (Lipinski definition) is 5. The summed E-state index contributed by atoms with van der Waals surface area (Å²) in [5.41, 5.74) is 7.28. The smallest absolute Gasteiger partial charge is 0.340 e. The molecule has 1 aliphatic carbocycles. The zero-order valence-corrected chi connectivity index (χ0v) is 28.2. The van der Waals surface area contributed by atoms with Gasteiger partial charge >= 0.3 is 5.97 Å². The third-order valence-corrected chi connectivity index (χ3v) is 10.6. The lowest BCUT2D eigenvalue weighted by Crippen LogP contribution is -2.36. The van der Waals surface area contributed by atoms with E-state index in [2.05, 4.69) is 86.0 Å². The molecule has 4 aromatic rings. The van der Waals surface area contributed by atoms with Crippen LogP contribution in [0.3, 0.4) is 0 Å². The predicted octanol–water partition coefficient (Wildman–Crippen LogP) is 11.3. The minimum atomic E-state index is -1.14. The van der Waals surface area contributed by atoms with Crippen molar-refractivity contribution in [1.29, 1.82) is 0 Å². The maximum Gasteiger partial charge on any atom is 0.340 e. The fourth-order valence-electron chi connectivity index (χ4n) is 8.05. The van der Waals surface area contributed by atoms with Crippen molar-refractivity contribution < 1.29 is 14.3 Å². The minimum Gasteiger partial charge on any atom is -0.456 e. The number of esters is 1. The highest BCUT2D eigenvalue weighted by Crippen LogP contribution is 2.59. The fourth-order valence-corrected chi connectivity index (χ4v) is 8.05. The molecule has 0 aromatic heterocycles. The summed E-state index contributed by atoms with van der Waals surface area (Å²) in [7, 11) is 0. The van der Waals surface area contributed by atoms with Gasteiger partial charge in [0, 0.05) is 34.2 Å². The SMILES string of the molecule is CCCCCCCC(Nc1cccc2c1C1(OC(=O)c3ccccc31)c1cc(Nc3ccc(C)cc3)c(C)cc1O2)C1CCCCC1. The van der Waals surface area contributed by atoms with Gasteiger partial charge in [-0.3, -0.25) is 0 Å². The molecule has 0 saturated heterocycles. The molecule has 2 N–H and O–H groups in total. The molecule has 3 aliphatic rings. The van der Waals surface area contributed by atoms with Gasteiger partial charge in [-0.15, -0.1) is 0 Å². The molecule has 5 heteroatoms. The highest BCUT2D eigenvalue weighted by atomic mass is 16.6. The van der Waals surface area contributed by atoms with Crippen molar-refractivity contribution in [2.75, 3.05) is 10.6 Å². The second-order valence-corrected chi connectivity index (χ2v) is 13.9. The van der Waals surface area contributed by atoms with E-state index >= 15 is 0 Å². The number of benzene rings is 4. The molecule has 2 unspecified atom stereocenters. The van der Waals surface area contributed by atoms with Gasteiger partial charge in [0.05, 0.1) is 11.1 Å². The van der Waals surface area contributed by atoms with Crippen LogP contribution < -0.4 is 15.4 Å². The molecule has 1 spiro atoms. The number of unbranched alkanes of at least 4 members (excludes halogenated alkanes) is 4. The Labute approximate surface area is 280 Å². The number of ether oxygens (including phenoxy) is 2. The van der Waals surface area contributed by atoms with E-state index in [-0.39, 0.29) is 5.97 Å². The number of aryl methyl sites for hydroxylation is 2. The van der Waals surface area contributed by atoms with E-state index in [0.29, 0.717) is 23.3 Å². The third-order valence-electron chi connectivity index (χ3n) is 10.6. The number of carbonyl (C=O) groups is 1. The summed E-state index contributed by atoms with van der Waals surface area (Å²) in [5, 5.41) is 7.71. The van der Waals surface area contributed by atoms with Gasteiger partial charge in [-0.1, -0.05) is 100 Å². The van der Waals surface area contributed by atoms with Gasteiger partial charge in [0.1, 0.15) is 11.5 Å². The Kier molecular flexibility index (Phi) is 8.98. The lowest BCUT2D eigenvalue weighted by Gasteiger charge is -2.40. The molecule has 2 aliphatic heterocycles. The number of anilines is 3. The van der Waals surface area contributed by atoms with Crippen LogP contribution in [0.5, 0.6) is 11.5 Å². The van der Waals surface area contributed by atoms with Crippen molar-refractivity contribution in [3.63, 3.8) is 0 Å². The average molecular weight is 629 g/mol. The summed E-state index contributed by atoms with van der Waals surface area (Å²) < 4.78 is 13.4. The summed E-state index contributed by atoms with van der Waals surface area (Å²) >= 11 is 0. The number of hydrogen-bond donors (Lipinski definition) is 2. The van der Waals surface area contributed by atoms with Crippen LogP contribution in [0.15, 0.2) is 78.9 Å². The van der Waals surface area contributed by atoms with Crippen molar-refractivity contribution in [3.8, 4) is 11.5 Å². The quantitative estimate of drug-likeness (QED) is 0.128. The fraction of sp³-hybridized carbons (Fsp3) is 0.405. The summed E-state index contributed by atoms with van der Waals surface area (Å²) in [6, 6.07) is 27.1. The summed E-state index contributed by atoms with van der Waals surface area (Å²) in [6.45, 7) is 6.46. The summed E-state index contributed by atoms with van der Waals surface area (Å²) in [6.07, 6.45) is 13.9. The maximum absolute atomic E-state index is 13.7. The van der Waals surface area contributed by atoms with Gasteiger partial charge < -0.3 is 20.1 Å². The zero-order chi connectivity index (χ0) is 32.4. The number of nitrogens with one attached hydrogen (secondary N) is 2. The average Bonchev–Trinajstić information content (AvgIpc) is 3.38. The third kappa shape index (κ3) is 6.01. The van der Waals surface area contributed by atoms with Gasteiger partial charge in [0.15, 0.2) is 5.60 Å². The van der Waals surface area contributed by atoms with Gasteiger partial charge in [-0.05, 0) is 87.1 Å². The first-order valence-electron chi connectivity index (χ1n) is 17.9. The van der Waals surface area contributed by atoms with E-state index in [1.807, 2.05) is 24.3 Å². The molecule has 0 bridgehead atoms. The highest BCUT2D eigenvalue weighted by Gasteiger charge is 2.55. The molecule has 7 rings (SSSR count). The highest BCUT2D eigenvalue weighted by molar-refractivity contribution is 5.97. The van der Waals surface area contributed by atoms with Crippen LogP contribution >= 0.6 is 0 Å². The molecule has 1 fully saturated rings. The van der Waals surface area contributed by atoms with E-state index < -0.39 is 5.60 Å².